The van der Waals surface area contributed by atoms with Crippen LogP contribution in [-0.2, 0) is 4.74 Å². The second-order valence-electron chi connectivity index (χ2n) is 7.04. The van der Waals surface area contributed by atoms with Gasteiger partial charge in [-0.1, -0.05) is 0 Å². The minimum Gasteiger partial charge on any atom is -0.387 e. The number of rotatable bonds is 5. The normalized spacial score (nSPS) is 32.8. The maximum atomic E-state index is 13.3. The van der Waals surface area contributed by atoms with E-state index in [9.17, 15) is 9.50 Å². The standard InChI is InChI=1S/C18H27FN2O2/c1-23-16-5-2-12(3-6-16)8-15-4-7-17(21-15)18(22)13-9-14(19)11-20-10-13/h9-12,15-18,21-22H,2-8H2,1H3/t12?,15-,16?,17+,18-/m0/s1. The predicted octanol–water partition coefficient (Wildman–Crippen LogP) is 2.97. The first-order valence-electron chi connectivity index (χ1n) is 8.73. The predicted molar refractivity (Wildman–Crippen MR) is 86.5 cm³/mol. The van der Waals surface area contributed by atoms with Gasteiger partial charge in [-0.3, -0.25) is 4.98 Å². The molecule has 1 aliphatic carbocycles. The van der Waals surface area contributed by atoms with Crippen LogP contribution >= 0.6 is 0 Å². The van der Waals surface area contributed by atoms with Crippen molar-refractivity contribution in [2.75, 3.05) is 7.11 Å². The molecule has 0 radical (unpaired) electrons. The molecule has 2 aliphatic rings. The number of hydrogen-bond donors (Lipinski definition) is 2. The van der Waals surface area contributed by atoms with Crippen molar-refractivity contribution in [3.8, 4) is 0 Å². The third-order valence-electron chi connectivity index (χ3n) is 5.47. The number of methoxy groups -OCH3 is 1. The SMILES string of the molecule is COC1CCC(C[C@@H]2CC[C@H]([C@@H](O)c3cncc(F)c3)N2)CC1. The Bertz CT molecular complexity index is 506. The van der Waals surface area contributed by atoms with Crippen molar-refractivity contribution < 1.29 is 14.2 Å². The lowest BCUT2D eigenvalue weighted by molar-refractivity contribution is 0.0538. The van der Waals surface area contributed by atoms with Crippen LogP contribution in [0.25, 0.3) is 0 Å². The molecule has 1 aromatic heterocycles. The fourth-order valence-corrected chi connectivity index (χ4v) is 4.11. The van der Waals surface area contributed by atoms with Crippen LogP contribution in [0.5, 0.6) is 0 Å². The monoisotopic (exact) mass is 322 g/mol. The van der Waals surface area contributed by atoms with E-state index in [0.29, 0.717) is 17.7 Å². The third kappa shape index (κ3) is 4.28. The van der Waals surface area contributed by atoms with Crippen LogP contribution in [0, 0.1) is 11.7 Å². The van der Waals surface area contributed by atoms with Crippen molar-refractivity contribution in [1.82, 2.24) is 10.3 Å². The molecule has 0 spiro atoms. The lowest BCUT2D eigenvalue weighted by Gasteiger charge is -2.29. The Morgan fingerprint density at radius 2 is 2.04 bits per heavy atom. The molecule has 23 heavy (non-hydrogen) atoms. The zero-order chi connectivity index (χ0) is 16.2. The molecule has 2 fully saturated rings. The Morgan fingerprint density at radius 3 is 2.74 bits per heavy atom. The summed E-state index contributed by atoms with van der Waals surface area (Å²) in [5.74, 6) is 0.358. The van der Waals surface area contributed by atoms with Gasteiger partial charge in [-0.25, -0.2) is 4.39 Å². The number of ether oxygens (including phenoxy) is 1. The molecule has 128 valence electrons. The first kappa shape index (κ1) is 16.8. The summed E-state index contributed by atoms with van der Waals surface area (Å²) in [6.45, 7) is 0. The smallest absolute Gasteiger partial charge is 0.141 e. The van der Waals surface area contributed by atoms with E-state index >= 15 is 0 Å². The van der Waals surface area contributed by atoms with Crippen molar-refractivity contribution in [3.05, 3.63) is 29.8 Å². The van der Waals surface area contributed by atoms with E-state index in [4.69, 9.17) is 4.74 Å². The van der Waals surface area contributed by atoms with Crippen molar-refractivity contribution in [3.63, 3.8) is 0 Å². The molecule has 5 heteroatoms. The van der Waals surface area contributed by atoms with Gasteiger partial charge in [0.25, 0.3) is 0 Å². The number of halogens is 1. The molecular weight excluding hydrogens is 295 g/mol. The average Bonchev–Trinajstić information content (AvgIpc) is 3.03. The number of hydrogen-bond acceptors (Lipinski definition) is 4. The van der Waals surface area contributed by atoms with E-state index in [1.807, 2.05) is 0 Å². The van der Waals surface area contributed by atoms with Gasteiger partial charge in [0, 0.05) is 31.0 Å². The van der Waals surface area contributed by atoms with Gasteiger partial charge < -0.3 is 15.2 Å². The van der Waals surface area contributed by atoms with Crippen LogP contribution in [0.2, 0.25) is 0 Å². The number of nitrogens with zero attached hydrogens (tertiary/aromatic N) is 1. The Hall–Kier alpha value is -1.04. The third-order valence-corrected chi connectivity index (χ3v) is 5.47. The zero-order valence-electron chi connectivity index (χ0n) is 13.7. The number of aromatic nitrogens is 1. The molecule has 0 unspecified atom stereocenters. The summed E-state index contributed by atoms with van der Waals surface area (Å²) >= 11 is 0. The highest BCUT2D eigenvalue weighted by molar-refractivity contribution is 5.16. The fraction of sp³-hybridized carbons (Fsp3) is 0.722. The van der Waals surface area contributed by atoms with Gasteiger partial charge in [0.15, 0.2) is 0 Å². The second-order valence-corrected chi connectivity index (χ2v) is 7.04. The average molecular weight is 322 g/mol. The lowest BCUT2D eigenvalue weighted by atomic mass is 9.83. The molecular formula is C18H27FN2O2. The van der Waals surface area contributed by atoms with Crippen LogP contribution in [0.3, 0.4) is 0 Å². The topological polar surface area (TPSA) is 54.4 Å². The van der Waals surface area contributed by atoms with Crippen LogP contribution in [0.4, 0.5) is 4.39 Å². The minimum atomic E-state index is -0.688. The maximum absolute atomic E-state index is 13.3. The molecule has 2 heterocycles. The van der Waals surface area contributed by atoms with E-state index in [0.717, 1.165) is 37.8 Å². The van der Waals surface area contributed by atoms with Gasteiger partial charge in [-0.05, 0) is 56.9 Å². The van der Waals surface area contributed by atoms with Crippen LogP contribution < -0.4 is 5.32 Å². The Labute approximate surface area is 137 Å². The molecule has 1 saturated heterocycles. The van der Waals surface area contributed by atoms with E-state index in [2.05, 4.69) is 10.3 Å². The lowest BCUT2D eigenvalue weighted by Crippen LogP contribution is -2.35. The van der Waals surface area contributed by atoms with Gasteiger partial charge in [0.05, 0.1) is 18.4 Å². The summed E-state index contributed by atoms with van der Waals surface area (Å²) in [7, 11) is 1.80. The Kier molecular flexibility index (Phi) is 5.62. The number of aliphatic hydroxyl groups excluding tert-OH is 1. The molecule has 4 nitrogen and oxygen atoms in total. The highest BCUT2D eigenvalue weighted by Crippen LogP contribution is 2.33. The van der Waals surface area contributed by atoms with Crippen molar-refractivity contribution in [1.29, 1.82) is 0 Å². The van der Waals surface area contributed by atoms with Gasteiger partial charge in [-0.15, -0.1) is 0 Å². The first-order chi connectivity index (χ1) is 11.2. The summed E-state index contributed by atoms with van der Waals surface area (Å²) in [4.78, 5) is 3.83. The summed E-state index contributed by atoms with van der Waals surface area (Å²) in [5, 5.41) is 14.0. The largest absolute Gasteiger partial charge is 0.387 e. The Balaban J connectivity index is 1.49. The summed E-state index contributed by atoms with van der Waals surface area (Å²) in [6, 6.07) is 1.83. The van der Waals surface area contributed by atoms with Crippen molar-refractivity contribution in [2.45, 2.75) is 69.2 Å². The molecule has 1 aliphatic heterocycles. The first-order valence-corrected chi connectivity index (χ1v) is 8.73. The van der Waals surface area contributed by atoms with Crippen LogP contribution in [0.1, 0.15) is 56.6 Å². The highest BCUT2D eigenvalue weighted by atomic mass is 19.1. The molecule has 0 bridgehead atoms. The zero-order valence-corrected chi connectivity index (χ0v) is 13.7. The van der Waals surface area contributed by atoms with E-state index in [1.165, 1.54) is 25.3 Å². The number of nitrogens with one attached hydrogen (secondary N) is 1. The van der Waals surface area contributed by atoms with Crippen LogP contribution in [-0.4, -0.2) is 35.4 Å². The van der Waals surface area contributed by atoms with E-state index < -0.39 is 11.9 Å². The highest BCUT2D eigenvalue weighted by Gasteiger charge is 2.32. The van der Waals surface area contributed by atoms with E-state index in [-0.39, 0.29) is 6.04 Å². The van der Waals surface area contributed by atoms with E-state index in [1.54, 1.807) is 13.3 Å². The molecule has 1 aromatic rings. The summed E-state index contributed by atoms with van der Waals surface area (Å²) in [6.07, 6.45) is 10.4. The molecule has 3 atom stereocenters. The summed E-state index contributed by atoms with van der Waals surface area (Å²) in [5.41, 5.74) is 0.559. The van der Waals surface area contributed by atoms with Gasteiger partial charge in [0.1, 0.15) is 5.82 Å². The quantitative estimate of drug-likeness (QED) is 0.875. The van der Waals surface area contributed by atoms with Gasteiger partial charge in [-0.2, -0.15) is 0 Å². The second kappa shape index (κ2) is 7.69. The fourth-order valence-electron chi connectivity index (χ4n) is 4.11. The van der Waals surface area contributed by atoms with Crippen molar-refractivity contribution >= 4 is 0 Å². The van der Waals surface area contributed by atoms with Gasteiger partial charge in [0.2, 0.25) is 0 Å². The molecule has 0 aromatic carbocycles. The Morgan fingerprint density at radius 1 is 1.26 bits per heavy atom. The van der Waals surface area contributed by atoms with Gasteiger partial charge >= 0.3 is 0 Å². The number of pyridine rings is 1. The molecule has 0 amide bonds. The molecule has 3 rings (SSSR count). The van der Waals surface area contributed by atoms with Crippen LogP contribution in [0.15, 0.2) is 18.5 Å². The molecule has 2 N–H and O–H groups in total. The maximum Gasteiger partial charge on any atom is 0.141 e. The number of aliphatic hydroxyl groups is 1. The van der Waals surface area contributed by atoms with Crippen molar-refractivity contribution in [2.24, 2.45) is 5.92 Å². The minimum absolute atomic E-state index is 0.00101. The summed E-state index contributed by atoms with van der Waals surface area (Å²) < 4.78 is 18.7. The molecule has 1 saturated carbocycles.